The van der Waals surface area contributed by atoms with Crippen LogP contribution in [-0.4, -0.2) is 68.5 Å². The Morgan fingerprint density at radius 2 is 1.94 bits per heavy atom. The summed E-state index contributed by atoms with van der Waals surface area (Å²) in [5, 5.41) is 0. The van der Waals surface area contributed by atoms with Crippen molar-refractivity contribution in [3.8, 4) is 5.75 Å². The lowest BCUT2D eigenvalue weighted by atomic mass is 10.1. The standard InChI is InChI=1S/C19H20F4N4O4S/c20-15-12-24-5-3-13(15)4-6-26-7-9-27(10-8-26)18(28)14-1-2-16(25-32(29)30)17(11-14)31-19(21,22)23/h1-3,5,11-12,25H,4,6-10H2,(H,29,30)/p-1. The van der Waals surface area contributed by atoms with E-state index in [1.54, 1.807) is 6.07 Å². The van der Waals surface area contributed by atoms with Gasteiger partial charge in [0, 0.05) is 55.8 Å². The highest BCUT2D eigenvalue weighted by molar-refractivity contribution is 7.80. The fourth-order valence-corrected chi connectivity index (χ4v) is 3.63. The Labute approximate surface area is 183 Å². The van der Waals surface area contributed by atoms with Gasteiger partial charge in [-0.05, 0) is 36.2 Å². The van der Waals surface area contributed by atoms with Gasteiger partial charge in [0.15, 0.2) is 5.75 Å². The molecule has 1 amide bonds. The topological polar surface area (TPSA) is 97.8 Å². The van der Waals surface area contributed by atoms with Crippen LogP contribution in [0.1, 0.15) is 15.9 Å². The van der Waals surface area contributed by atoms with E-state index in [-0.39, 0.29) is 11.4 Å². The number of alkyl halides is 3. The number of amides is 1. The van der Waals surface area contributed by atoms with Crippen molar-refractivity contribution in [1.82, 2.24) is 14.8 Å². The van der Waals surface area contributed by atoms with Crippen LogP contribution in [0.3, 0.4) is 0 Å². The molecule has 1 aliphatic rings. The van der Waals surface area contributed by atoms with Crippen molar-refractivity contribution in [3.63, 3.8) is 0 Å². The van der Waals surface area contributed by atoms with Gasteiger partial charge < -0.3 is 18.9 Å². The number of benzene rings is 1. The monoisotopic (exact) mass is 475 g/mol. The summed E-state index contributed by atoms with van der Waals surface area (Å²) in [5.74, 6) is -1.71. The smallest absolute Gasteiger partial charge is 0.573 e. The van der Waals surface area contributed by atoms with Crippen LogP contribution in [0, 0.1) is 5.82 Å². The highest BCUT2D eigenvalue weighted by Gasteiger charge is 2.33. The van der Waals surface area contributed by atoms with Gasteiger partial charge in [0.05, 0.1) is 11.9 Å². The van der Waals surface area contributed by atoms with E-state index < -0.39 is 35.0 Å². The zero-order valence-electron chi connectivity index (χ0n) is 16.6. The molecule has 2 aromatic rings. The number of hydrogen-bond acceptors (Lipinski definition) is 6. The number of rotatable bonds is 7. The van der Waals surface area contributed by atoms with Gasteiger partial charge in [-0.25, -0.2) is 4.39 Å². The van der Waals surface area contributed by atoms with Crippen molar-refractivity contribution in [3.05, 3.63) is 53.6 Å². The van der Waals surface area contributed by atoms with Crippen LogP contribution in [0.15, 0.2) is 36.7 Å². The van der Waals surface area contributed by atoms with Crippen LogP contribution in [0.25, 0.3) is 0 Å². The van der Waals surface area contributed by atoms with Crippen molar-refractivity contribution >= 4 is 22.9 Å². The molecule has 1 aromatic heterocycles. The molecule has 8 nitrogen and oxygen atoms in total. The number of nitrogens with one attached hydrogen (secondary N) is 1. The molecule has 2 heterocycles. The summed E-state index contributed by atoms with van der Waals surface area (Å²) >= 11 is -2.87. The van der Waals surface area contributed by atoms with Gasteiger partial charge in [-0.3, -0.25) is 18.9 Å². The van der Waals surface area contributed by atoms with Crippen LogP contribution in [0.4, 0.5) is 23.2 Å². The van der Waals surface area contributed by atoms with Crippen LogP contribution in [0.5, 0.6) is 5.75 Å². The van der Waals surface area contributed by atoms with E-state index in [0.717, 1.165) is 18.3 Å². The third-order valence-corrected chi connectivity index (χ3v) is 5.25. The summed E-state index contributed by atoms with van der Waals surface area (Å²) in [5.41, 5.74) is 0.0302. The number of nitrogens with zero attached hydrogens (tertiary/aromatic N) is 3. The zero-order chi connectivity index (χ0) is 23.3. The third-order valence-electron chi connectivity index (χ3n) is 4.86. The Morgan fingerprint density at radius 3 is 2.56 bits per heavy atom. The molecule has 1 unspecified atom stereocenters. The Kier molecular flexibility index (Phi) is 7.64. The minimum absolute atomic E-state index is 0.0706. The lowest BCUT2D eigenvalue weighted by Gasteiger charge is -2.35. The highest BCUT2D eigenvalue weighted by atomic mass is 32.2. The average Bonchev–Trinajstić information content (AvgIpc) is 2.73. The second-order valence-corrected chi connectivity index (χ2v) is 7.62. The molecule has 13 heteroatoms. The number of anilines is 1. The van der Waals surface area contributed by atoms with E-state index >= 15 is 0 Å². The largest absolute Gasteiger partial charge is 0.755 e. The molecule has 0 saturated carbocycles. The van der Waals surface area contributed by atoms with Crippen LogP contribution >= 0.6 is 0 Å². The first-order chi connectivity index (χ1) is 15.1. The van der Waals surface area contributed by atoms with Crippen molar-refractivity contribution in [2.45, 2.75) is 12.8 Å². The van der Waals surface area contributed by atoms with Crippen molar-refractivity contribution in [2.75, 3.05) is 37.4 Å². The fraction of sp³-hybridized carbons (Fsp3) is 0.368. The second kappa shape index (κ2) is 10.2. The summed E-state index contributed by atoms with van der Waals surface area (Å²) in [4.78, 5) is 20.0. The Bertz CT molecular complexity index is 984. The molecule has 0 aliphatic carbocycles. The number of piperazine rings is 1. The van der Waals surface area contributed by atoms with Crippen LogP contribution in [0.2, 0.25) is 0 Å². The molecule has 0 spiro atoms. The SMILES string of the molecule is O=C(c1ccc(NS(=O)[O-])c(OC(F)(F)F)c1)N1CCN(CCc2ccncc2F)CC1. The molecule has 1 fully saturated rings. The maximum absolute atomic E-state index is 13.7. The molecule has 1 N–H and O–H groups in total. The Balaban J connectivity index is 1.62. The third kappa shape index (κ3) is 6.61. The van der Waals surface area contributed by atoms with E-state index in [1.807, 2.05) is 4.72 Å². The highest BCUT2D eigenvalue weighted by Crippen LogP contribution is 2.32. The van der Waals surface area contributed by atoms with Gasteiger partial charge in [0.2, 0.25) is 0 Å². The first kappa shape index (κ1) is 23.9. The molecule has 0 radical (unpaired) electrons. The minimum atomic E-state index is -5.07. The summed E-state index contributed by atoms with van der Waals surface area (Å²) in [7, 11) is 0. The maximum Gasteiger partial charge on any atom is 0.573 e. The Hall–Kier alpha value is -2.77. The second-order valence-electron chi connectivity index (χ2n) is 6.95. The molecule has 1 aromatic carbocycles. The van der Waals surface area contributed by atoms with Gasteiger partial charge in [-0.15, -0.1) is 13.2 Å². The molecule has 0 bridgehead atoms. The lowest BCUT2D eigenvalue weighted by Crippen LogP contribution is -2.49. The van der Waals surface area contributed by atoms with Gasteiger partial charge in [0.25, 0.3) is 5.91 Å². The maximum atomic E-state index is 13.7. The Morgan fingerprint density at radius 1 is 1.22 bits per heavy atom. The van der Waals surface area contributed by atoms with E-state index in [2.05, 4.69) is 14.6 Å². The molecule has 1 atom stereocenters. The van der Waals surface area contributed by atoms with Gasteiger partial charge in [-0.2, -0.15) is 0 Å². The summed E-state index contributed by atoms with van der Waals surface area (Å²) < 4.78 is 79.0. The molecule has 1 saturated heterocycles. The number of carbonyl (C=O) groups excluding carboxylic acids is 1. The fourth-order valence-electron chi connectivity index (χ4n) is 3.28. The number of halogens is 4. The summed E-state index contributed by atoms with van der Waals surface area (Å²) in [6, 6.07) is 4.71. The van der Waals surface area contributed by atoms with E-state index in [1.165, 1.54) is 17.2 Å². The predicted octanol–water partition coefficient (Wildman–Crippen LogP) is 2.33. The van der Waals surface area contributed by atoms with Crippen molar-refractivity contribution in [2.24, 2.45) is 0 Å². The molecule has 32 heavy (non-hydrogen) atoms. The van der Waals surface area contributed by atoms with Gasteiger partial charge in [0.1, 0.15) is 5.82 Å². The van der Waals surface area contributed by atoms with Crippen molar-refractivity contribution < 1.29 is 35.9 Å². The number of ether oxygens (including phenoxy) is 1. The minimum Gasteiger partial charge on any atom is -0.755 e. The van der Waals surface area contributed by atoms with E-state index in [4.69, 9.17) is 0 Å². The predicted molar refractivity (Wildman–Crippen MR) is 106 cm³/mol. The van der Waals surface area contributed by atoms with Crippen molar-refractivity contribution in [1.29, 1.82) is 0 Å². The van der Waals surface area contributed by atoms with Gasteiger partial charge >= 0.3 is 6.36 Å². The van der Waals surface area contributed by atoms with Gasteiger partial charge in [-0.1, -0.05) is 0 Å². The first-order valence-corrected chi connectivity index (χ1v) is 10.6. The van der Waals surface area contributed by atoms with E-state index in [0.29, 0.717) is 44.7 Å². The lowest BCUT2D eigenvalue weighted by molar-refractivity contribution is -0.274. The normalized spacial score (nSPS) is 16.0. The molecular weight excluding hydrogens is 456 g/mol. The number of carbonyl (C=O) groups is 1. The average molecular weight is 475 g/mol. The molecular formula is C19H19F4N4O4S-. The number of aromatic nitrogens is 1. The summed E-state index contributed by atoms with van der Waals surface area (Å²) in [6.07, 6.45) is -1.92. The number of pyridine rings is 1. The van der Waals surface area contributed by atoms with Crippen LogP contribution < -0.4 is 9.46 Å². The first-order valence-electron chi connectivity index (χ1n) is 9.48. The number of hydrogen-bond donors (Lipinski definition) is 1. The zero-order valence-corrected chi connectivity index (χ0v) is 17.4. The summed E-state index contributed by atoms with van der Waals surface area (Å²) in [6.45, 7) is 2.27. The van der Waals surface area contributed by atoms with Crippen LogP contribution in [-0.2, 0) is 17.7 Å². The molecule has 174 valence electrons. The van der Waals surface area contributed by atoms with E-state index in [9.17, 15) is 31.1 Å². The molecule has 1 aliphatic heterocycles. The molecule has 3 rings (SSSR count). The quantitative estimate of drug-likeness (QED) is 0.488.